The van der Waals surface area contributed by atoms with Crippen LogP contribution in [0.15, 0.2) is 6.20 Å². The normalized spacial score (nSPS) is 12.9. The molecule has 4 nitrogen and oxygen atoms in total. The second-order valence-electron chi connectivity index (χ2n) is 3.96. The molecule has 15 heavy (non-hydrogen) atoms. The van der Waals surface area contributed by atoms with Crippen LogP contribution in [0.1, 0.15) is 57.1 Å². The summed E-state index contributed by atoms with van der Waals surface area (Å²) in [6.45, 7) is 2.20. The number of aliphatic hydroxyl groups excluding tert-OH is 1. The lowest BCUT2D eigenvalue weighted by Gasteiger charge is -2.08. The minimum Gasteiger partial charge on any atom is -0.388 e. The molecule has 1 atom stereocenters. The second-order valence-corrected chi connectivity index (χ2v) is 3.96. The molecule has 0 aliphatic rings. The largest absolute Gasteiger partial charge is 0.388 e. The maximum Gasteiger partial charge on any atom is 0.124 e. The summed E-state index contributed by atoms with van der Waals surface area (Å²) < 4.78 is 0. The molecule has 1 rings (SSSR count). The van der Waals surface area contributed by atoms with Crippen LogP contribution < -0.4 is 5.73 Å². The molecule has 0 amide bonds. The summed E-state index contributed by atoms with van der Waals surface area (Å²) in [6.07, 6.45) is 7.92. The number of nitrogens with two attached hydrogens (primary N) is 1. The molecular weight excluding hydrogens is 190 g/mol. The summed E-state index contributed by atoms with van der Waals surface area (Å²) in [4.78, 5) is 0. The van der Waals surface area contributed by atoms with Crippen molar-refractivity contribution in [3.05, 3.63) is 11.8 Å². The highest BCUT2D eigenvalue weighted by atomic mass is 16.3. The third kappa shape index (κ3) is 3.91. The highest BCUT2D eigenvalue weighted by molar-refractivity contribution is 5.38. The van der Waals surface area contributed by atoms with Crippen molar-refractivity contribution < 1.29 is 5.11 Å². The van der Waals surface area contributed by atoms with E-state index in [0.717, 1.165) is 18.4 Å². The number of aromatic nitrogens is 2. The Bertz CT molecular complexity index is 273. The first kappa shape index (κ1) is 12.0. The first-order chi connectivity index (χ1) is 7.25. The van der Waals surface area contributed by atoms with E-state index in [1.807, 2.05) is 0 Å². The van der Waals surface area contributed by atoms with E-state index < -0.39 is 6.10 Å². The molecule has 0 bridgehead atoms. The minimum absolute atomic E-state index is 0.467. The van der Waals surface area contributed by atoms with Crippen molar-refractivity contribution in [2.75, 3.05) is 5.73 Å². The van der Waals surface area contributed by atoms with Crippen LogP contribution in [0.5, 0.6) is 0 Å². The lowest BCUT2D eigenvalue weighted by atomic mass is 10.0. The number of H-pyrrole nitrogens is 1. The maximum atomic E-state index is 9.81. The number of hydrogen-bond donors (Lipinski definition) is 3. The van der Waals surface area contributed by atoms with Crippen LogP contribution in [0, 0.1) is 0 Å². The van der Waals surface area contributed by atoms with Gasteiger partial charge in [-0.3, -0.25) is 5.10 Å². The van der Waals surface area contributed by atoms with Crippen molar-refractivity contribution in [1.29, 1.82) is 0 Å². The molecule has 1 aromatic rings. The van der Waals surface area contributed by atoms with Gasteiger partial charge in [-0.1, -0.05) is 39.0 Å². The molecule has 0 aromatic carbocycles. The average molecular weight is 211 g/mol. The van der Waals surface area contributed by atoms with E-state index in [-0.39, 0.29) is 0 Å². The molecule has 4 heteroatoms. The smallest absolute Gasteiger partial charge is 0.124 e. The molecule has 4 N–H and O–H groups in total. The molecule has 0 saturated carbocycles. The van der Waals surface area contributed by atoms with Gasteiger partial charge in [0.15, 0.2) is 0 Å². The minimum atomic E-state index is -0.467. The Morgan fingerprint density at radius 1 is 1.40 bits per heavy atom. The maximum absolute atomic E-state index is 9.81. The lowest BCUT2D eigenvalue weighted by Crippen LogP contribution is -2.00. The Morgan fingerprint density at radius 3 is 2.73 bits per heavy atom. The van der Waals surface area contributed by atoms with Crippen molar-refractivity contribution in [2.24, 2.45) is 0 Å². The van der Waals surface area contributed by atoms with E-state index in [4.69, 9.17) is 5.73 Å². The molecule has 1 aromatic heterocycles. The highest BCUT2D eigenvalue weighted by Crippen LogP contribution is 2.22. The molecule has 0 fully saturated rings. The summed E-state index contributed by atoms with van der Waals surface area (Å²) in [5, 5.41) is 16.2. The molecule has 1 heterocycles. The van der Waals surface area contributed by atoms with Gasteiger partial charge < -0.3 is 10.8 Å². The molecule has 86 valence electrons. The zero-order valence-electron chi connectivity index (χ0n) is 9.37. The first-order valence-electron chi connectivity index (χ1n) is 5.72. The van der Waals surface area contributed by atoms with Gasteiger partial charge in [0.1, 0.15) is 5.82 Å². The van der Waals surface area contributed by atoms with E-state index in [1.165, 1.54) is 25.7 Å². The highest BCUT2D eigenvalue weighted by Gasteiger charge is 2.11. The fraction of sp³-hybridized carbons (Fsp3) is 0.727. The second kappa shape index (κ2) is 6.45. The summed E-state index contributed by atoms with van der Waals surface area (Å²) in [5.74, 6) is 0.482. The van der Waals surface area contributed by atoms with E-state index in [9.17, 15) is 5.11 Å². The van der Waals surface area contributed by atoms with Gasteiger partial charge in [0, 0.05) is 5.56 Å². The van der Waals surface area contributed by atoms with Crippen LogP contribution in [0.25, 0.3) is 0 Å². The van der Waals surface area contributed by atoms with Gasteiger partial charge in [0.2, 0.25) is 0 Å². The molecule has 0 radical (unpaired) electrons. The average Bonchev–Trinajstić information content (AvgIpc) is 2.64. The van der Waals surface area contributed by atoms with E-state index >= 15 is 0 Å². The number of nitrogens with one attached hydrogen (secondary N) is 1. The van der Waals surface area contributed by atoms with Gasteiger partial charge in [-0.2, -0.15) is 5.10 Å². The van der Waals surface area contributed by atoms with Gasteiger partial charge in [-0.05, 0) is 6.42 Å². The zero-order chi connectivity index (χ0) is 11.1. The number of rotatable bonds is 7. The summed E-state index contributed by atoms with van der Waals surface area (Å²) >= 11 is 0. The number of hydrogen-bond acceptors (Lipinski definition) is 3. The van der Waals surface area contributed by atoms with Crippen LogP contribution in [0.2, 0.25) is 0 Å². The number of aliphatic hydroxyl groups is 1. The van der Waals surface area contributed by atoms with E-state index in [1.54, 1.807) is 6.20 Å². The summed E-state index contributed by atoms with van der Waals surface area (Å²) in [5.41, 5.74) is 6.34. The zero-order valence-corrected chi connectivity index (χ0v) is 9.37. The number of nitrogen functional groups attached to an aromatic ring is 1. The molecule has 1 unspecified atom stereocenters. The molecule has 0 spiro atoms. The Labute approximate surface area is 90.9 Å². The van der Waals surface area contributed by atoms with Crippen molar-refractivity contribution in [2.45, 2.75) is 51.6 Å². The van der Waals surface area contributed by atoms with Crippen molar-refractivity contribution in [1.82, 2.24) is 10.2 Å². The molecule has 0 aliphatic heterocycles. The van der Waals surface area contributed by atoms with E-state index in [0.29, 0.717) is 5.82 Å². The standard InChI is InChI=1S/C11H21N3O/c1-2-3-4-5-6-7-10(15)9-8-13-14-11(9)12/h8,10,15H,2-7H2,1H3,(H3,12,13,14). The molecule has 0 aliphatic carbocycles. The quantitative estimate of drug-likeness (QED) is 0.606. The van der Waals surface area contributed by atoms with Gasteiger partial charge in [0.25, 0.3) is 0 Å². The van der Waals surface area contributed by atoms with Crippen molar-refractivity contribution in [3.63, 3.8) is 0 Å². The molecule has 0 saturated heterocycles. The number of anilines is 1. The van der Waals surface area contributed by atoms with Crippen LogP contribution in [0.3, 0.4) is 0 Å². The predicted octanol–water partition coefficient (Wildman–Crippen LogP) is 2.39. The van der Waals surface area contributed by atoms with Crippen LogP contribution in [0.4, 0.5) is 5.82 Å². The molecular formula is C11H21N3O. The monoisotopic (exact) mass is 211 g/mol. The predicted molar refractivity (Wildman–Crippen MR) is 61.3 cm³/mol. The number of aromatic amines is 1. The van der Waals surface area contributed by atoms with Crippen LogP contribution >= 0.6 is 0 Å². The van der Waals surface area contributed by atoms with Gasteiger partial charge >= 0.3 is 0 Å². The van der Waals surface area contributed by atoms with Gasteiger partial charge in [-0.15, -0.1) is 0 Å². The number of nitrogens with zero attached hydrogens (tertiary/aromatic N) is 1. The summed E-state index contributed by atoms with van der Waals surface area (Å²) in [7, 11) is 0. The lowest BCUT2D eigenvalue weighted by molar-refractivity contribution is 0.164. The third-order valence-corrected chi connectivity index (χ3v) is 2.64. The van der Waals surface area contributed by atoms with Crippen molar-refractivity contribution in [3.8, 4) is 0 Å². The first-order valence-corrected chi connectivity index (χ1v) is 5.72. The SMILES string of the molecule is CCCCCCCC(O)c1cn[nH]c1N. The van der Waals surface area contributed by atoms with Crippen molar-refractivity contribution >= 4 is 5.82 Å². The van der Waals surface area contributed by atoms with Gasteiger partial charge in [-0.25, -0.2) is 0 Å². The van der Waals surface area contributed by atoms with Crippen LogP contribution in [-0.4, -0.2) is 15.3 Å². The fourth-order valence-corrected chi connectivity index (χ4v) is 1.67. The Hall–Kier alpha value is -1.03. The third-order valence-electron chi connectivity index (χ3n) is 2.64. The Kier molecular flexibility index (Phi) is 5.18. The Balaban J connectivity index is 2.19. The topological polar surface area (TPSA) is 74.9 Å². The van der Waals surface area contributed by atoms with Gasteiger partial charge in [0.05, 0.1) is 12.3 Å². The van der Waals surface area contributed by atoms with E-state index in [2.05, 4.69) is 17.1 Å². The van der Waals surface area contributed by atoms with Crippen LogP contribution in [-0.2, 0) is 0 Å². The number of unbranched alkanes of at least 4 members (excludes halogenated alkanes) is 4. The summed E-state index contributed by atoms with van der Waals surface area (Å²) in [6, 6.07) is 0. The fourth-order valence-electron chi connectivity index (χ4n) is 1.67. The Morgan fingerprint density at radius 2 is 2.13 bits per heavy atom.